The van der Waals surface area contributed by atoms with E-state index in [4.69, 9.17) is 0 Å². The summed E-state index contributed by atoms with van der Waals surface area (Å²) < 4.78 is 0. The molecule has 0 atom stereocenters. The molecule has 1 aromatic carbocycles. The van der Waals surface area contributed by atoms with Crippen LogP contribution < -0.4 is 0 Å². The van der Waals surface area contributed by atoms with Gasteiger partial charge in [-0.2, -0.15) is 0 Å². The molecule has 0 heterocycles. The minimum absolute atomic E-state index is 0.0671. The topological polar surface area (TPSA) is 34.1 Å². The van der Waals surface area contributed by atoms with E-state index in [2.05, 4.69) is 6.92 Å². The van der Waals surface area contributed by atoms with E-state index in [1.165, 1.54) is 12.2 Å². The fourth-order valence-corrected chi connectivity index (χ4v) is 1.79. The molecule has 0 unspecified atom stereocenters. The molecule has 0 bridgehead atoms. The Morgan fingerprint density at radius 1 is 1.00 bits per heavy atom. The van der Waals surface area contributed by atoms with Gasteiger partial charge in [-0.3, -0.25) is 9.59 Å². The van der Waals surface area contributed by atoms with E-state index in [0.29, 0.717) is 11.1 Å². The van der Waals surface area contributed by atoms with E-state index < -0.39 is 0 Å². The van der Waals surface area contributed by atoms with E-state index in [9.17, 15) is 9.59 Å². The Balaban J connectivity index is 2.48. The molecule has 0 fully saturated rings. The molecule has 0 aromatic heterocycles. The second-order valence-corrected chi connectivity index (χ2v) is 3.69. The van der Waals surface area contributed by atoms with Gasteiger partial charge < -0.3 is 0 Å². The first-order chi connectivity index (χ1) is 7.22. The van der Waals surface area contributed by atoms with Crippen LogP contribution in [0.2, 0.25) is 0 Å². The summed E-state index contributed by atoms with van der Waals surface area (Å²) in [7, 11) is 0. The van der Waals surface area contributed by atoms with Crippen LogP contribution in [0.1, 0.15) is 39.6 Å². The predicted molar refractivity (Wildman–Crippen MR) is 58.2 cm³/mol. The van der Waals surface area contributed by atoms with Gasteiger partial charge in [-0.05, 0) is 30.2 Å². The minimum atomic E-state index is -0.0763. The number of fused-ring (bicyclic) bond motifs is 1. The molecule has 15 heavy (non-hydrogen) atoms. The standard InChI is InChI=1S/C13H12O2/c1-2-3-9-4-5-10-11(8-9)13(15)7-6-12(10)14/h4-8H,2-3H2,1H3. The van der Waals surface area contributed by atoms with Crippen LogP contribution in [-0.4, -0.2) is 11.6 Å². The fraction of sp³-hybridized carbons (Fsp3) is 0.231. The van der Waals surface area contributed by atoms with Crippen LogP contribution in [-0.2, 0) is 6.42 Å². The summed E-state index contributed by atoms with van der Waals surface area (Å²) in [6.07, 6.45) is 4.67. The van der Waals surface area contributed by atoms with Crippen molar-refractivity contribution < 1.29 is 9.59 Å². The van der Waals surface area contributed by atoms with E-state index in [-0.39, 0.29) is 11.6 Å². The molecule has 1 aliphatic carbocycles. The quantitative estimate of drug-likeness (QED) is 0.735. The molecular weight excluding hydrogens is 188 g/mol. The molecule has 0 spiro atoms. The monoisotopic (exact) mass is 200 g/mol. The molecule has 2 heteroatoms. The van der Waals surface area contributed by atoms with E-state index >= 15 is 0 Å². The predicted octanol–water partition coefficient (Wildman–Crippen LogP) is 2.57. The zero-order chi connectivity index (χ0) is 10.8. The summed E-state index contributed by atoms with van der Waals surface area (Å²) in [6.45, 7) is 2.09. The van der Waals surface area contributed by atoms with Crippen LogP contribution in [0.15, 0.2) is 30.4 Å². The summed E-state index contributed by atoms with van der Waals surface area (Å²) in [5.41, 5.74) is 2.20. The van der Waals surface area contributed by atoms with Crippen molar-refractivity contribution in [1.82, 2.24) is 0 Å². The summed E-state index contributed by atoms with van der Waals surface area (Å²) in [5.74, 6) is -0.143. The van der Waals surface area contributed by atoms with Gasteiger partial charge in [0.15, 0.2) is 11.6 Å². The average molecular weight is 200 g/mol. The molecular formula is C13H12O2. The maximum atomic E-state index is 11.5. The van der Waals surface area contributed by atoms with Gasteiger partial charge in [0.25, 0.3) is 0 Å². The Hall–Kier alpha value is -1.70. The summed E-state index contributed by atoms with van der Waals surface area (Å²) >= 11 is 0. The highest BCUT2D eigenvalue weighted by Gasteiger charge is 2.18. The first-order valence-electron chi connectivity index (χ1n) is 5.12. The largest absolute Gasteiger partial charge is 0.289 e. The van der Waals surface area contributed by atoms with Crippen molar-refractivity contribution in [1.29, 1.82) is 0 Å². The molecule has 2 nitrogen and oxygen atoms in total. The molecule has 76 valence electrons. The normalized spacial score (nSPS) is 14.2. The number of ketones is 2. The smallest absolute Gasteiger partial charge is 0.186 e. The number of hydrogen-bond donors (Lipinski definition) is 0. The number of aryl methyl sites for hydroxylation is 1. The molecule has 2 rings (SSSR count). The lowest BCUT2D eigenvalue weighted by atomic mass is 9.92. The third-order valence-electron chi connectivity index (χ3n) is 2.54. The SMILES string of the molecule is CCCc1ccc2c(c1)C(=O)C=CC2=O. The van der Waals surface area contributed by atoms with E-state index in [0.717, 1.165) is 18.4 Å². The van der Waals surface area contributed by atoms with Crippen LogP contribution in [0.5, 0.6) is 0 Å². The number of rotatable bonds is 2. The number of hydrogen-bond acceptors (Lipinski definition) is 2. The Kier molecular flexibility index (Phi) is 2.50. The zero-order valence-electron chi connectivity index (χ0n) is 8.62. The van der Waals surface area contributed by atoms with Crippen LogP contribution >= 0.6 is 0 Å². The lowest BCUT2D eigenvalue weighted by molar-refractivity contribution is 0.0994. The first kappa shape index (κ1) is 9.84. The van der Waals surface area contributed by atoms with Crippen LogP contribution in [0.4, 0.5) is 0 Å². The fourth-order valence-electron chi connectivity index (χ4n) is 1.79. The molecule has 1 aromatic rings. The van der Waals surface area contributed by atoms with Crippen molar-refractivity contribution in [2.45, 2.75) is 19.8 Å². The number of carbonyl (C=O) groups is 2. The van der Waals surface area contributed by atoms with Crippen molar-refractivity contribution in [3.05, 3.63) is 47.0 Å². The van der Waals surface area contributed by atoms with Crippen molar-refractivity contribution in [3.63, 3.8) is 0 Å². The number of benzene rings is 1. The third kappa shape index (κ3) is 1.75. The highest BCUT2D eigenvalue weighted by atomic mass is 16.1. The number of carbonyl (C=O) groups excluding carboxylic acids is 2. The molecule has 0 radical (unpaired) electrons. The first-order valence-corrected chi connectivity index (χ1v) is 5.12. The lowest BCUT2D eigenvalue weighted by Gasteiger charge is -2.10. The molecule has 0 amide bonds. The Labute approximate surface area is 88.6 Å². The van der Waals surface area contributed by atoms with Crippen molar-refractivity contribution in [2.75, 3.05) is 0 Å². The van der Waals surface area contributed by atoms with Gasteiger partial charge in [-0.15, -0.1) is 0 Å². The average Bonchev–Trinajstić information content (AvgIpc) is 2.24. The molecule has 0 aliphatic heterocycles. The van der Waals surface area contributed by atoms with Gasteiger partial charge in [0, 0.05) is 11.1 Å². The van der Waals surface area contributed by atoms with Gasteiger partial charge in [-0.1, -0.05) is 25.5 Å². The van der Waals surface area contributed by atoms with Gasteiger partial charge in [-0.25, -0.2) is 0 Å². The van der Waals surface area contributed by atoms with Crippen LogP contribution in [0.3, 0.4) is 0 Å². The summed E-state index contributed by atoms with van der Waals surface area (Å²) in [6, 6.07) is 5.51. The maximum Gasteiger partial charge on any atom is 0.186 e. The minimum Gasteiger partial charge on any atom is -0.289 e. The zero-order valence-corrected chi connectivity index (χ0v) is 8.62. The molecule has 1 aliphatic rings. The van der Waals surface area contributed by atoms with Crippen molar-refractivity contribution in [3.8, 4) is 0 Å². The summed E-state index contributed by atoms with van der Waals surface area (Å²) in [5, 5.41) is 0. The number of allylic oxidation sites excluding steroid dienone is 2. The maximum absolute atomic E-state index is 11.5. The van der Waals surface area contributed by atoms with Gasteiger partial charge in [0.1, 0.15) is 0 Å². The highest BCUT2D eigenvalue weighted by Crippen LogP contribution is 2.19. The molecule has 0 saturated carbocycles. The Bertz CT molecular complexity index is 456. The van der Waals surface area contributed by atoms with E-state index in [1.54, 1.807) is 6.07 Å². The van der Waals surface area contributed by atoms with Gasteiger partial charge in [0.2, 0.25) is 0 Å². The Morgan fingerprint density at radius 2 is 1.67 bits per heavy atom. The van der Waals surface area contributed by atoms with Gasteiger partial charge in [0.05, 0.1) is 0 Å². The summed E-state index contributed by atoms with van der Waals surface area (Å²) in [4.78, 5) is 23.0. The van der Waals surface area contributed by atoms with E-state index in [1.807, 2.05) is 12.1 Å². The van der Waals surface area contributed by atoms with Crippen LogP contribution in [0.25, 0.3) is 0 Å². The second-order valence-electron chi connectivity index (χ2n) is 3.69. The van der Waals surface area contributed by atoms with Crippen LogP contribution in [0, 0.1) is 0 Å². The molecule has 0 N–H and O–H groups in total. The highest BCUT2D eigenvalue weighted by molar-refractivity contribution is 6.22. The third-order valence-corrected chi connectivity index (χ3v) is 2.54. The molecule has 0 saturated heterocycles. The lowest BCUT2D eigenvalue weighted by Crippen LogP contribution is -2.11. The van der Waals surface area contributed by atoms with Crippen molar-refractivity contribution in [2.24, 2.45) is 0 Å². The second kappa shape index (κ2) is 3.81. The van der Waals surface area contributed by atoms with Gasteiger partial charge >= 0.3 is 0 Å². The van der Waals surface area contributed by atoms with Crippen molar-refractivity contribution >= 4 is 11.6 Å². The Morgan fingerprint density at radius 3 is 2.33 bits per heavy atom.